The minimum absolute atomic E-state index is 0.0890. The minimum Gasteiger partial charge on any atom is -0.465 e. The number of esters is 1. The highest BCUT2D eigenvalue weighted by molar-refractivity contribution is 7.88. The molecular formula is C13H27N3O4S. The van der Waals surface area contributed by atoms with Gasteiger partial charge in [-0.1, -0.05) is 0 Å². The van der Waals surface area contributed by atoms with E-state index in [1.54, 1.807) is 13.8 Å². The maximum absolute atomic E-state index is 11.8. The highest BCUT2D eigenvalue weighted by atomic mass is 32.2. The molecule has 0 aliphatic carbocycles. The molecule has 0 aromatic carbocycles. The van der Waals surface area contributed by atoms with Crippen molar-refractivity contribution >= 4 is 16.0 Å². The van der Waals surface area contributed by atoms with E-state index in [9.17, 15) is 13.2 Å². The highest BCUT2D eigenvalue weighted by Crippen LogP contribution is 2.18. The number of hydrogen-bond acceptors (Lipinski definition) is 6. The molecule has 1 aliphatic rings. The van der Waals surface area contributed by atoms with Gasteiger partial charge in [-0.25, -0.2) is 8.42 Å². The summed E-state index contributed by atoms with van der Waals surface area (Å²) in [7, 11) is -3.12. The van der Waals surface area contributed by atoms with Crippen molar-refractivity contribution in [1.29, 1.82) is 0 Å². The standard InChI is InChI=1S/C13H27N3O4S/c1-5-20-12(17)13(3,14)10-11(2)15-6-8-16(9-7-15)21(4,18)19/h11H,5-10,14H2,1-4H3. The summed E-state index contributed by atoms with van der Waals surface area (Å²) in [5, 5.41) is 0. The van der Waals surface area contributed by atoms with Gasteiger partial charge in [0.05, 0.1) is 12.9 Å². The number of sulfonamides is 1. The van der Waals surface area contributed by atoms with Gasteiger partial charge in [-0.15, -0.1) is 0 Å². The van der Waals surface area contributed by atoms with Crippen molar-refractivity contribution < 1.29 is 17.9 Å². The van der Waals surface area contributed by atoms with Crippen molar-refractivity contribution in [2.24, 2.45) is 5.73 Å². The summed E-state index contributed by atoms with van der Waals surface area (Å²) in [6, 6.07) is 0.0890. The molecule has 1 saturated heterocycles. The Hall–Kier alpha value is -0.700. The quantitative estimate of drug-likeness (QED) is 0.671. The van der Waals surface area contributed by atoms with Gasteiger partial charge in [0.1, 0.15) is 5.54 Å². The Kier molecular flexibility index (Phi) is 6.15. The topological polar surface area (TPSA) is 92.9 Å². The van der Waals surface area contributed by atoms with Gasteiger partial charge in [0.15, 0.2) is 0 Å². The van der Waals surface area contributed by atoms with Crippen LogP contribution in [0.25, 0.3) is 0 Å². The number of carbonyl (C=O) groups is 1. The lowest BCUT2D eigenvalue weighted by atomic mass is 9.94. The number of rotatable bonds is 6. The molecule has 1 rings (SSSR count). The van der Waals surface area contributed by atoms with Crippen LogP contribution in [0.2, 0.25) is 0 Å². The largest absolute Gasteiger partial charge is 0.465 e. The first-order chi connectivity index (χ1) is 9.58. The van der Waals surface area contributed by atoms with Crippen LogP contribution < -0.4 is 5.73 Å². The molecule has 2 N–H and O–H groups in total. The fraction of sp³-hybridized carbons (Fsp3) is 0.923. The Morgan fingerprint density at radius 2 is 1.86 bits per heavy atom. The molecule has 0 aromatic rings. The van der Waals surface area contributed by atoms with Gasteiger partial charge in [0, 0.05) is 32.2 Å². The summed E-state index contributed by atoms with van der Waals surface area (Å²) in [5.41, 5.74) is 5.02. The normalized spacial score (nSPS) is 22.5. The fourth-order valence-corrected chi connectivity index (χ4v) is 3.42. The number of piperazine rings is 1. The lowest BCUT2D eigenvalue weighted by Gasteiger charge is -2.39. The van der Waals surface area contributed by atoms with Gasteiger partial charge >= 0.3 is 5.97 Å². The number of nitrogens with zero attached hydrogens (tertiary/aromatic N) is 2. The van der Waals surface area contributed by atoms with Crippen LogP contribution in [0.1, 0.15) is 27.2 Å². The zero-order valence-electron chi connectivity index (χ0n) is 13.3. The number of carbonyl (C=O) groups excluding carboxylic acids is 1. The summed E-state index contributed by atoms with van der Waals surface area (Å²) >= 11 is 0. The van der Waals surface area contributed by atoms with Crippen LogP contribution in [-0.2, 0) is 19.6 Å². The summed E-state index contributed by atoms with van der Waals surface area (Å²) in [6.07, 6.45) is 1.70. The maximum Gasteiger partial charge on any atom is 0.325 e. The SMILES string of the molecule is CCOC(=O)C(C)(N)CC(C)N1CCN(S(C)(=O)=O)CC1. The zero-order chi connectivity index (χ0) is 16.3. The average Bonchev–Trinajstić information content (AvgIpc) is 2.37. The lowest BCUT2D eigenvalue weighted by Crippen LogP contribution is -2.55. The average molecular weight is 321 g/mol. The summed E-state index contributed by atoms with van der Waals surface area (Å²) < 4.78 is 29.4. The molecule has 2 unspecified atom stereocenters. The third-order valence-electron chi connectivity index (χ3n) is 3.83. The molecule has 1 fully saturated rings. The number of hydrogen-bond donors (Lipinski definition) is 1. The second-order valence-corrected chi connectivity index (χ2v) is 7.87. The first-order valence-corrected chi connectivity index (χ1v) is 9.08. The predicted octanol–water partition coefficient (Wildman–Crippen LogP) is -0.377. The van der Waals surface area contributed by atoms with E-state index < -0.39 is 21.5 Å². The second kappa shape index (κ2) is 7.04. The zero-order valence-corrected chi connectivity index (χ0v) is 14.1. The fourth-order valence-electron chi connectivity index (χ4n) is 2.60. The second-order valence-electron chi connectivity index (χ2n) is 5.89. The molecule has 2 atom stereocenters. The van der Waals surface area contributed by atoms with Gasteiger partial charge in [0.2, 0.25) is 10.0 Å². The predicted molar refractivity (Wildman–Crippen MR) is 81.3 cm³/mol. The number of ether oxygens (including phenoxy) is 1. The molecule has 124 valence electrons. The van der Waals surface area contributed by atoms with E-state index in [-0.39, 0.29) is 6.04 Å². The molecule has 1 heterocycles. The van der Waals surface area contributed by atoms with Crippen LogP contribution in [0, 0.1) is 0 Å². The van der Waals surface area contributed by atoms with Crippen LogP contribution in [-0.4, -0.2) is 74.2 Å². The van der Waals surface area contributed by atoms with Gasteiger partial charge in [0.25, 0.3) is 0 Å². The molecule has 0 saturated carbocycles. The molecule has 0 amide bonds. The molecule has 0 bridgehead atoms. The van der Waals surface area contributed by atoms with Crippen molar-refractivity contribution in [2.75, 3.05) is 39.0 Å². The first-order valence-electron chi connectivity index (χ1n) is 7.23. The van der Waals surface area contributed by atoms with Crippen LogP contribution in [0.5, 0.6) is 0 Å². The van der Waals surface area contributed by atoms with Crippen molar-refractivity contribution in [3.63, 3.8) is 0 Å². The smallest absolute Gasteiger partial charge is 0.325 e. The molecule has 0 radical (unpaired) electrons. The molecule has 0 spiro atoms. The van der Waals surface area contributed by atoms with E-state index in [1.165, 1.54) is 10.6 Å². The van der Waals surface area contributed by atoms with E-state index >= 15 is 0 Å². The molecular weight excluding hydrogens is 294 g/mol. The highest BCUT2D eigenvalue weighted by Gasteiger charge is 2.35. The molecule has 0 aromatic heterocycles. The number of nitrogens with two attached hydrogens (primary N) is 1. The van der Waals surface area contributed by atoms with Crippen LogP contribution >= 0.6 is 0 Å². The van der Waals surface area contributed by atoms with E-state index in [2.05, 4.69) is 4.90 Å². The van der Waals surface area contributed by atoms with E-state index in [4.69, 9.17) is 10.5 Å². The van der Waals surface area contributed by atoms with Crippen LogP contribution in [0.4, 0.5) is 0 Å². The van der Waals surface area contributed by atoms with Gasteiger partial charge in [-0.2, -0.15) is 4.31 Å². The first kappa shape index (κ1) is 18.3. The van der Waals surface area contributed by atoms with Crippen molar-refractivity contribution in [3.05, 3.63) is 0 Å². The van der Waals surface area contributed by atoms with E-state index in [0.717, 1.165) is 0 Å². The van der Waals surface area contributed by atoms with Gasteiger partial charge < -0.3 is 10.5 Å². The van der Waals surface area contributed by atoms with E-state index in [1.807, 2.05) is 6.92 Å². The van der Waals surface area contributed by atoms with Crippen molar-refractivity contribution in [3.8, 4) is 0 Å². The maximum atomic E-state index is 11.8. The Morgan fingerprint density at radius 3 is 2.29 bits per heavy atom. The summed E-state index contributed by atoms with van der Waals surface area (Å²) in [5.74, 6) is -0.397. The summed E-state index contributed by atoms with van der Waals surface area (Å²) in [4.78, 5) is 14.0. The van der Waals surface area contributed by atoms with Crippen molar-refractivity contribution in [2.45, 2.75) is 38.8 Å². The van der Waals surface area contributed by atoms with Crippen molar-refractivity contribution in [1.82, 2.24) is 9.21 Å². The Balaban J connectivity index is 2.54. The molecule has 1 aliphatic heterocycles. The Morgan fingerprint density at radius 1 is 1.33 bits per heavy atom. The monoisotopic (exact) mass is 321 g/mol. The molecule has 7 nitrogen and oxygen atoms in total. The van der Waals surface area contributed by atoms with Crippen LogP contribution in [0.3, 0.4) is 0 Å². The lowest BCUT2D eigenvalue weighted by molar-refractivity contribution is -0.149. The third-order valence-corrected chi connectivity index (χ3v) is 5.13. The van der Waals surface area contributed by atoms with Gasteiger partial charge in [-0.05, 0) is 27.2 Å². The third kappa shape index (κ3) is 5.21. The van der Waals surface area contributed by atoms with Gasteiger partial charge in [-0.3, -0.25) is 9.69 Å². The molecule has 21 heavy (non-hydrogen) atoms. The summed E-state index contributed by atoms with van der Waals surface area (Å²) in [6.45, 7) is 7.98. The Bertz CT molecular complexity index is 456. The van der Waals surface area contributed by atoms with E-state index in [0.29, 0.717) is 39.2 Å². The molecule has 8 heteroatoms. The minimum atomic E-state index is -3.12. The van der Waals surface area contributed by atoms with Crippen LogP contribution in [0.15, 0.2) is 0 Å². The Labute approximate surface area is 127 Å².